The molecule has 8 nitrogen and oxygen atoms in total. The lowest BCUT2D eigenvalue weighted by Crippen LogP contribution is -2.56. The molecule has 0 spiro atoms. The van der Waals surface area contributed by atoms with Crippen LogP contribution in [-0.4, -0.2) is 59.0 Å². The van der Waals surface area contributed by atoms with Gasteiger partial charge >= 0.3 is 0 Å². The molecule has 0 saturated heterocycles. The molecule has 1 saturated carbocycles. The summed E-state index contributed by atoms with van der Waals surface area (Å²) in [4.78, 5) is 8.53. The molecule has 0 aromatic heterocycles. The van der Waals surface area contributed by atoms with Crippen molar-refractivity contribution in [3.05, 3.63) is 27.8 Å². The van der Waals surface area contributed by atoms with Gasteiger partial charge < -0.3 is 14.8 Å². The van der Waals surface area contributed by atoms with E-state index in [4.69, 9.17) is 32.7 Å². The summed E-state index contributed by atoms with van der Waals surface area (Å²) < 4.78 is 34.8. The lowest BCUT2D eigenvalue weighted by atomic mass is 9.91. The number of fused-ring (bicyclic) bond motifs is 1. The molecule has 3 aliphatic rings. The number of halogens is 2. The first-order valence-electron chi connectivity index (χ1n) is 9.87. The number of hydrogen-bond donors (Lipinski definition) is 2. The molecule has 1 aromatic carbocycles. The molecule has 3 unspecified atom stereocenters. The van der Waals surface area contributed by atoms with E-state index in [2.05, 4.69) is 20.6 Å². The highest BCUT2D eigenvalue weighted by Gasteiger charge is 2.38. The quantitative estimate of drug-likeness (QED) is 0.640. The molecular formula is C20H24Cl2N4O4S. The van der Waals surface area contributed by atoms with Gasteiger partial charge in [0, 0.05) is 35.7 Å². The zero-order valence-electron chi connectivity index (χ0n) is 17.4. The molecule has 0 radical (unpaired) electrons. The minimum atomic E-state index is -3.52. The highest BCUT2D eigenvalue weighted by atomic mass is 35.5. The monoisotopic (exact) mass is 486 g/mol. The lowest BCUT2D eigenvalue weighted by Gasteiger charge is -2.37. The fourth-order valence-electron chi connectivity index (χ4n) is 3.67. The van der Waals surface area contributed by atoms with E-state index in [1.54, 1.807) is 12.3 Å². The van der Waals surface area contributed by atoms with Gasteiger partial charge in [0.05, 0.1) is 30.3 Å². The standard InChI is InChI=1S/C20H24Cl2N4O4S/c1-29-13-7-14(30-2)17(22)15(16(13)21)12-6-11-9-24-20(31(3,27)28)26-18(11)19(25-12)23-8-10-4-5-10/h6-7,9-11,18-19,23,25H,4-5,8H2,1-3H3. The van der Waals surface area contributed by atoms with E-state index in [0.29, 0.717) is 38.7 Å². The van der Waals surface area contributed by atoms with Crippen LogP contribution in [0.2, 0.25) is 10.0 Å². The minimum Gasteiger partial charge on any atom is -0.495 e. The summed E-state index contributed by atoms with van der Waals surface area (Å²) in [5.41, 5.74) is 1.22. The van der Waals surface area contributed by atoms with Crippen molar-refractivity contribution < 1.29 is 17.9 Å². The molecule has 168 valence electrons. The van der Waals surface area contributed by atoms with Crippen LogP contribution in [0.5, 0.6) is 11.5 Å². The zero-order valence-corrected chi connectivity index (χ0v) is 19.7. The average molecular weight is 487 g/mol. The number of benzene rings is 1. The van der Waals surface area contributed by atoms with Gasteiger partial charge in [0.25, 0.3) is 0 Å². The molecule has 1 aliphatic carbocycles. The van der Waals surface area contributed by atoms with Crippen LogP contribution in [0.25, 0.3) is 5.70 Å². The van der Waals surface area contributed by atoms with Crippen LogP contribution in [0.15, 0.2) is 22.1 Å². The van der Waals surface area contributed by atoms with Crippen molar-refractivity contribution in [1.29, 1.82) is 0 Å². The van der Waals surface area contributed by atoms with E-state index >= 15 is 0 Å². The first kappa shape index (κ1) is 22.4. The van der Waals surface area contributed by atoms with E-state index in [-0.39, 0.29) is 23.3 Å². The predicted molar refractivity (Wildman–Crippen MR) is 123 cm³/mol. The molecule has 2 heterocycles. The van der Waals surface area contributed by atoms with Crippen LogP contribution < -0.4 is 20.1 Å². The van der Waals surface area contributed by atoms with Crippen molar-refractivity contribution in [2.24, 2.45) is 21.8 Å². The Balaban J connectivity index is 1.76. The van der Waals surface area contributed by atoms with E-state index in [1.165, 1.54) is 27.1 Å². The maximum Gasteiger partial charge on any atom is 0.242 e. The highest BCUT2D eigenvalue weighted by Crippen LogP contribution is 2.44. The molecule has 2 aliphatic heterocycles. The smallest absolute Gasteiger partial charge is 0.242 e. The van der Waals surface area contributed by atoms with E-state index in [9.17, 15) is 8.42 Å². The normalized spacial score (nSPS) is 25.3. The maximum atomic E-state index is 12.0. The summed E-state index contributed by atoms with van der Waals surface area (Å²) in [7, 11) is -0.475. The molecule has 0 bridgehead atoms. The Hall–Kier alpha value is -1.81. The third-order valence-corrected chi connectivity index (χ3v) is 7.15. The van der Waals surface area contributed by atoms with Gasteiger partial charge in [0.15, 0.2) is 0 Å². The van der Waals surface area contributed by atoms with Crippen LogP contribution in [0.3, 0.4) is 0 Å². The van der Waals surface area contributed by atoms with E-state index in [1.807, 2.05) is 6.08 Å². The van der Waals surface area contributed by atoms with Crippen molar-refractivity contribution in [2.45, 2.75) is 25.0 Å². The van der Waals surface area contributed by atoms with Gasteiger partial charge in [-0.05, 0) is 31.4 Å². The second-order valence-corrected chi connectivity index (χ2v) is 10.5. The molecule has 0 amide bonds. The van der Waals surface area contributed by atoms with Crippen LogP contribution in [-0.2, 0) is 9.84 Å². The molecule has 11 heteroatoms. The topological polar surface area (TPSA) is 101 Å². The van der Waals surface area contributed by atoms with Crippen molar-refractivity contribution in [2.75, 3.05) is 27.0 Å². The maximum absolute atomic E-state index is 12.0. The van der Waals surface area contributed by atoms with Gasteiger partial charge in [-0.2, -0.15) is 0 Å². The van der Waals surface area contributed by atoms with Gasteiger partial charge in [-0.1, -0.05) is 23.2 Å². The fourth-order valence-corrected chi connectivity index (χ4v) is 4.94. The second kappa shape index (κ2) is 8.61. The summed E-state index contributed by atoms with van der Waals surface area (Å²) in [6.45, 7) is 0.804. The third kappa shape index (κ3) is 4.55. The average Bonchev–Trinajstić information content (AvgIpc) is 3.56. The Bertz CT molecular complexity index is 1050. The van der Waals surface area contributed by atoms with Crippen molar-refractivity contribution in [1.82, 2.24) is 10.6 Å². The predicted octanol–water partition coefficient (Wildman–Crippen LogP) is 2.75. The number of methoxy groups -OCH3 is 2. The molecular weight excluding hydrogens is 463 g/mol. The number of nitrogens with zero attached hydrogens (tertiary/aromatic N) is 2. The Kier molecular flexibility index (Phi) is 6.22. The Morgan fingerprint density at radius 3 is 2.39 bits per heavy atom. The summed E-state index contributed by atoms with van der Waals surface area (Å²) in [5.74, 6) is 1.23. The van der Waals surface area contributed by atoms with Crippen LogP contribution in [0.1, 0.15) is 18.4 Å². The molecule has 1 aromatic rings. The van der Waals surface area contributed by atoms with Crippen LogP contribution in [0, 0.1) is 11.8 Å². The number of aliphatic imine (C=N–C) groups is 2. The Labute approximate surface area is 191 Å². The number of rotatable bonds is 6. The second-order valence-electron chi connectivity index (χ2n) is 7.87. The van der Waals surface area contributed by atoms with Gasteiger partial charge in [0.2, 0.25) is 15.0 Å². The van der Waals surface area contributed by atoms with Gasteiger partial charge in [-0.25, -0.2) is 18.4 Å². The summed E-state index contributed by atoms with van der Waals surface area (Å²) in [5, 5.41) is 7.43. The van der Waals surface area contributed by atoms with Gasteiger partial charge in [0.1, 0.15) is 17.7 Å². The third-order valence-electron chi connectivity index (χ3n) is 5.52. The number of sulfone groups is 1. The first-order valence-corrected chi connectivity index (χ1v) is 12.5. The van der Waals surface area contributed by atoms with Crippen LogP contribution in [0.4, 0.5) is 0 Å². The molecule has 3 atom stereocenters. The lowest BCUT2D eigenvalue weighted by molar-refractivity contribution is 0.361. The fraction of sp³-hybridized carbons (Fsp3) is 0.500. The van der Waals surface area contributed by atoms with Crippen LogP contribution >= 0.6 is 23.2 Å². The number of hydrogen-bond acceptors (Lipinski definition) is 8. The molecule has 31 heavy (non-hydrogen) atoms. The highest BCUT2D eigenvalue weighted by molar-refractivity contribution is 8.05. The van der Waals surface area contributed by atoms with E-state index < -0.39 is 9.84 Å². The largest absolute Gasteiger partial charge is 0.495 e. The Morgan fingerprint density at radius 2 is 1.84 bits per heavy atom. The summed E-state index contributed by atoms with van der Waals surface area (Å²) in [6.07, 6.45) is 6.65. The molecule has 2 N–H and O–H groups in total. The first-order chi connectivity index (χ1) is 14.7. The minimum absolute atomic E-state index is 0.162. The van der Waals surface area contributed by atoms with E-state index in [0.717, 1.165) is 12.8 Å². The van der Waals surface area contributed by atoms with Gasteiger partial charge in [-0.3, -0.25) is 5.32 Å². The van der Waals surface area contributed by atoms with Crippen molar-refractivity contribution >= 4 is 50.1 Å². The molecule has 4 rings (SSSR count). The summed E-state index contributed by atoms with van der Waals surface area (Å²) in [6, 6.07) is 1.25. The number of ether oxygens (including phenoxy) is 2. The Morgan fingerprint density at radius 1 is 1.19 bits per heavy atom. The number of amidine groups is 1. The summed E-state index contributed by atoms with van der Waals surface area (Å²) >= 11 is 13.2. The van der Waals surface area contributed by atoms with Gasteiger partial charge in [-0.15, -0.1) is 0 Å². The zero-order chi connectivity index (χ0) is 22.3. The van der Waals surface area contributed by atoms with Crippen molar-refractivity contribution in [3.63, 3.8) is 0 Å². The van der Waals surface area contributed by atoms with Crippen molar-refractivity contribution in [3.8, 4) is 11.5 Å². The molecule has 1 fully saturated rings. The SMILES string of the molecule is COc1cc(OC)c(Cl)c(C2=CC3C=NC(S(C)(=O)=O)=NC3C(NCC3CC3)N2)c1Cl. The number of nitrogens with one attached hydrogen (secondary N) is 2.